The lowest BCUT2D eigenvalue weighted by molar-refractivity contribution is 0.0426. The number of carbonyl (C=O) groups excluding carboxylic acids is 1. The fraction of sp³-hybridized carbons (Fsp3) is 0.318. The van der Waals surface area contributed by atoms with E-state index in [4.69, 9.17) is 9.47 Å². The number of aromatic nitrogens is 2. The molecule has 0 bridgehead atoms. The molecule has 0 spiro atoms. The molecule has 4 rings (SSSR count). The van der Waals surface area contributed by atoms with E-state index in [2.05, 4.69) is 4.98 Å². The molecule has 7 heteroatoms. The van der Waals surface area contributed by atoms with Crippen LogP contribution in [-0.4, -0.2) is 35.8 Å². The largest absolute Gasteiger partial charge is 0.465 e. The molecular weight excluding hydrogens is 372 g/mol. The summed E-state index contributed by atoms with van der Waals surface area (Å²) in [4.78, 5) is 40.4. The molecule has 0 radical (unpaired) electrons. The highest BCUT2D eigenvalue weighted by atomic mass is 16.5. The molecule has 1 N–H and O–H groups in total. The first-order chi connectivity index (χ1) is 14.0. The van der Waals surface area contributed by atoms with Gasteiger partial charge in [-0.05, 0) is 36.6 Å². The normalized spacial score (nSPS) is 15.9. The van der Waals surface area contributed by atoms with Crippen molar-refractivity contribution in [3.8, 4) is 0 Å². The van der Waals surface area contributed by atoms with Crippen LogP contribution >= 0.6 is 0 Å². The highest BCUT2D eigenvalue weighted by molar-refractivity contribution is 5.93. The van der Waals surface area contributed by atoms with E-state index in [1.165, 1.54) is 23.8 Å². The van der Waals surface area contributed by atoms with Crippen LogP contribution in [0.15, 0.2) is 58.1 Å². The van der Waals surface area contributed by atoms with E-state index in [0.29, 0.717) is 24.1 Å². The Labute approximate surface area is 166 Å². The predicted molar refractivity (Wildman–Crippen MR) is 108 cm³/mol. The predicted octanol–water partition coefficient (Wildman–Crippen LogP) is 2.22. The van der Waals surface area contributed by atoms with E-state index in [1.807, 2.05) is 30.3 Å². The Morgan fingerprint density at radius 3 is 2.55 bits per heavy atom. The lowest BCUT2D eigenvalue weighted by Crippen LogP contribution is -2.45. The molecule has 1 aromatic heterocycles. The zero-order valence-electron chi connectivity index (χ0n) is 16.1. The number of aromatic amines is 1. The smallest absolute Gasteiger partial charge is 0.337 e. The van der Waals surface area contributed by atoms with Crippen molar-refractivity contribution in [2.24, 2.45) is 0 Å². The molecule has 1 aliphatic rings. The number of benzene rings is 2. The summed E-state index contributed by atoms with van der Waals surface area (Å²) in [7, 11) is 1.28. The van der Waals surface area contributed by atoms with Gasteiger partial charge in [-0.2, -0.15) is 0 Å². The number of fused-ring (bicyclic) bond motifs is 1. The Kier molecular flexibility index (Phi) is 5.07. The number of ether oxygens (including phenoxy) is 2. The SMILES string of the molecule is COC(=O)c1ccc2c(=O)n(CC3(c4ccccc4)CCOCC3)c(=O)[nH]c2c1. The van der Waals surface area contributed by atoms with E-state index in [-0.39, 0.29) is 23.1 Å². The molecule has 0 saturated carbocycles. The third-order valence-electron chi connectivity index (χ3n) is 5.70. The fourth-order valence-electron chi connectivity index (χ4n) is 4.04. The number of esters is 1. The van der Waals surface area contributed by atoms with E-state index in [9.17, 15) is 14.4 Å². The van der Waals surface area contributed by atoms with Crippen LogP contribution in [0.25, 0.3) is 10.9 Å². The Morgan fingerprint density at radius 2 is 1.86 bits per heavy atom. The quantitative estimate of drug-likeness (QED) is 0.686. The summed E-state index contributed by atoms with van der Waals surface area (Å²) >= 11 is 0. The van der Waals surface area contributed by atoms with Gasteiger partial charge in [0.25, 0.3) is 5.56 Å². The third-order valence-corrected chi connectivity index (χ3v) is 5.70. The number of nitrogens with one attached hydrogen (secondary N) is 1. The summed E-state index contributed by atoms with van der Waals surface area (Å²) < 4.78 is 11.5. The Bertz CT molecular complexity index is 1160. The monoisotopic (exact) mass is 394 g/mol. The van der Waals surface area contributed by atoms with Crippen molar-refractivity contribution in [3.63, 3.8) is 0 Å². The van der Waals surface area contributed by atoms with Crippen LogP contribution in [0.5, 0.6) is 0 Å². The molecule has 0 amide bonds. The average molecular weight is 394 g/mol. The number of carbonyl (C=O) groups is 1. The number of H-pyrrole nitrogens is 1. The van der Waals surface area contributed by atoms with Gasteiger partial charge in [-0.25, -0.2) is 9.59 Å². The maximum absolute atomic E-state index is 13.1. The minimum absolute atomic E-state index is 0.267. The summed E-state index contributed by atoms with van der Waals surface area (Å²) in [5.41, 5.74) is 0.470. The van der Waals surface area contributed by atoms with Crippen LogP contribution in [-0.2, 0) is 21.4 Å². The highest BCUT2D eigenvalue weighted by Gasteiger charge is 2.35. The number of hydrogen-bond donors (Lipinski definition) is 1. The summed E-state index contributed by atoms with van der Waals surface area (Å²) in [6.07, 6.45) is 1.45. The molecule has 150 valence electrons. The lowest BCUT2D eigenvalue weighted by atomic mass is 9.74. The number of rotatable bonds is 4. The molecule has 1 aliphatic heterocycles. The molecular formula is C22H22N2O5. The van der Waals surface area contributed by atoms with Crippen LogP contribution in [0.3, 0.4) is 0 Å². The van der Waals surface area contributed by atoms with Crippen molar-refractivity contribution >= 4 is 16.9 Å². The van der Waals surface area contributed by atoms with Gasteiger partial charge in [-0.15, -0.1) is 0 Å². The van der Waals surface area contributed by atoms with Gasteiger partial charge in [0.2, 0.25) is 0 Å². The van der Waals surface area contributed by atoms with Crippen molar-refractivity contribution in [1.82, 2.24) is 9.55 Å². The van der Waals surface area contributed by atoms with Crippen LogP contribution in [0.1, 0.15) is 28.8 Å². The first-order valence-corrected chi connectivity index (χ1v) is 9.52. The van der Waals surface area contributed by atoms with Crippen LogP contribution in [0, 0.1) is 0 Å². The number of nitrogens with zero attached hydrogens (tertiary/aromatic N) is 1. The fourth-order valence-corrected chi connectivity index (χ4v) is 4.04. The molecule has 0 unspecified atom stereocenters. The zero-order valence-corrected chi connectivity index (χ0v) is 16.1. The van der Waals surface area contributed by atoms with E-state index >= 15 is 0 Å². The van der Waals surface area contributed by atoms with Gasteiger partial charge in [0, 0.05) is 25.2 Å². The van der Waals surface area contributed by atoms with Gasteiger partial charge in [-0.1, -0.05) is 30.3 Å². The van der Waals surface area contributed by atoms with E-state index in [0.717, 1.165) is 18.4 Å². The second-order valence-electron chi connectivity index (χ2n) is 7.33. The Morgan fingerprint density at radius 1 is 1.14 bits per heavy atom. The first-order valence-electron chi connectivity index (χ1n) is 9.52. The van der Waals surface area contributed by atoms with Crippen molar-refractivity contribution in [3.05, 3.63) is 80.5 Å². The number of hydrogen-bond acceptors (Lipinski definition) is 5. The maximum atomic E-state index is 13.1. The molecule has 0 aliphatic carbocycles. The van der Waals surface area contributed by atoms with Crippen molar-refractivity contribution in [2.45, 2.75) is 24.8 Å². The molecule has 2 aromatic carbocycles. The molecule has 0 atom stereocenters. The van der Waals surface area contributed by atoms with Crippen LogP contribution in [0.4, 0.5) is 0 Å². The van der Waals surface area contributed by atoms with Crippen LogP contribution < -0.4 is 11.2 Å². The zero-order chi connectivity index (χ0) is 20.4. The molecule has 1 saturated heterocycles. The van der Waals surface area contributed by atoms with Gasteiger partial charge in [0.1, 0.15) is 0 Å². The minimum Gasteiger partial charge on any atom is -0.465 e. The third kappa shape index (κ3) is 3.49. The molecule has 29 heavy (non-hydrogen) atoms. The topological polar surface area (TPSA) is 90.4 Å². The van der Waals surface area contributed by atoms with Gasteiger partial charge in [0.15, 0.2) is 0 Å². The van der Waals surface area contributed by atoms with Gasteiger partial charge < -0.3 is 14.5 Å². The molecule has 1 fully saturated rings. The maximum Gasteiger partial charge on any atom is 0.337 e. The van der Waals surface area contributed by atoms with E-state index in [1.54, 1.807) is 6.07 Å². The Balaban J connectivity index is 1.82. The summed E-state index contributed by atoms with van der Waals surface area (Å²) in [5, 5.41) is 0.354. The van der Waals surface area contributed by atoms with Crippen molar-refractivity contribution in [1.29, 1.82) is 0 Å². The summed E-state index contributed by atoms with van der Waals surface area (Å²) in [6.45, 7) is 1.43. The second-order valence-corrected chi connectivity index (χ2v) is 7.33. The lowest BCUT2D eigenvalue weighted by Gasteiger charge is -2.38. The average Bonchev–Trinajstić information content (AvgIpc) is 2.77. The first kappa shape index (κ1) is 19.1. The van der Waals surface area contributed by atoms with Gasteiger partial charge >= 0.3 is 11.7 Å². The highest BCUT2D eigenvalue weighted by Crippen LogP contribution is 2.36. The van der Waals surface area contributed by atoms with Crippen molar-refractivity contribution < 1.29 is 14.3 Å². The summed E-state index contributed by atoms with van der Waals surface area (Å²) in [6, 6.07) is 14.5. The Hall–Kier alpha value is -3.19. The van der Waals surface area contributed by atoms with Crippen LogP contribution in [0.2, 0.25) is 0 Å². The second kappa shape index (κ2) is 7.67. The van der Waals surface area contributed by atoms with Crippen molar-refractivity contribution in [2.75, 3.05) is 20.3 Å². The molecule has 7 nitrogen and oxygen atoms in total. The standard InChI is InChI=1S/C22H22N2O5/c1-28-20(26)15-7-8-17-18(13-15)23-21(27)24(19(17)25)14-22(9-11-29-12-10-22)16-5-3-2-4-6-16/h2-8,13H,9-12,14H2,1H3,(H,23,27). The van der Waals surface area contributed by atoms with Gasteiger partial charge in [-0.3, -0.25) is 9.36 Å². The van der Waals surface area contributed by atoms with Gasteiger partial charge in [0.05, 0.1) is 23.6 Å². The molecule has 3 aromatic rings. The summed E-state index contributed by atoms with van der Waals surface area (Å²) in [5.74, 6) is -0.526. The number of methoxy groups -OCH3 is 1. The molecule has 2 heterocycles. The van der Waals surface area contributed by atoms with E-state index < -0.39 is 11.7 Å². The minimum atomic E-state index is -0.526.